The summed E-state index contributed by atoms with van der Waals surface area (Å²) < 4.78 is 0. The van der Waals surface area contributed by atoms with E-state index in [1.807, 2.05) is 18.2 Å². The summed E-state index contributed by atoms with van der Waals surface area (Å²) in [6.07, 6.45) is 12.4. The van der Waals surface area contributed by atoms with E-state index in [1.54, 1.807) is 12.2 Å². The highest BCUT2D eigenvalue weighted by Gasteiger charge is 1.87. The predicted molar refractivity (Wildman–Crippen MR) is 55.3 cm³/mol. The van der Waals surface area contributed by atoms with Gasteiger partial charge >= 0.3 is 0 Å². The molecule has 74 valence electrons. The van der Waals surface area contributed by atoms with Gasteiger partial charge < -0.3 is 4.89 Å². The lowest BCUT2D eigenvalue weighted by Crippen LogP contribution is -1.80. The second-order valence-corrected chi connectivity index (χ2v) is 2.69. The Balaban J connectivity index is 4.00. The van der Waals surface area contributed by atoms with Gasteiger partial charge in [0.25, 0.3) is 0 Å². The van der Waals surface area contributed by atoms with Crippen molar-refractivity contribution in [2.45, 2.75) is 33.1 Å². The molecule has 0 unspecified atom stereocenters. The van der Waals surface area contributed by atoms with Crippen molar-refractivity contribution >= 4 is 0 Å². The Kier molecular flexibility index (Phi) is 8.36. The van der Waals surface area contributed by atoms with Crippen LogP contribution in [0, 0.1) is 0 Å². The molecule has 0 saturated carbocycles. The molecule has 0 radical (unpaired) electrons. The Morgan fingerprint density at radius 2 is 2.08 bits per heavy atom. The van der Waals surface area contributed by atoms with Crippen molar-refractivity contribution in [3.8, 4) is 0 Å². The van der Waals surface area contributed by atoms with E-state index in [2.05, 4.69) is 18.7 Å². The molecule has 0 saturated heterocycles. The van der Waals surface area contributed by atoms with Crippen LogP contribution in [-0.4, -0.2) is 5.26 Å². The van der Waals surface area contributed by atoms with Crippen molar-refractivity contribution < 1.29 is 10.1 Å². The molecule has 0 bridgehead atoms. The van der Waals surface area contributed by atoms with Crippen LogP contribution >= 0.6 is 0 Å². The molecule has 0 aliphatic carbocycles. The summed E-state index contributed by atoms with van der Waals surface area (Å²) in [6.45, 7) is 4.15. The quantitative estimate of drug-likeness (QED) is 0.294. The van der Waals surface area contributed by atoms with E-state index in [1.165, 1.54) is 0 Å². The predicted octanol–water partition coefficient (Wildman–Crippen LogP) is 3.68. The van der Waals surface area contributed by atoms with Gasteiger partial charge in [-0.2, -0.15) is 0 Å². The molecule has 13 heavy (non-hydrogen) atoms. The smallest absolute Gasteiger partial charge is 0.164 e. The van der Waals surface area contributed by atoms with Crippen LogP contribution in [0.25, 0.3) is 0 Å². The monoisotopic (exact) mass is 182 g/mol. The summed E-state index contributed by atoms with van der Waals surface area (Å²) in [5.74, 6) is 0.471. The van der Waals surface area contributed by atoms with Crippen LogP contribution in [0.2, 0.25) is 0 Å². The molecule has 0 aromatic rings. The summed E-state index contributed by atoms with van der Waals surface area (Å²) in [6, 6.07) is 0. The fourth-order valence-electron chi connectivity index (χ4n) is 0.782. The maximum absolute atomic E-state index is 8.47. The lowest BCUT2D eigenvalue weighted by Gasteiger charge is -1.93. The summed E-state index contributed by atoms with van der Waals surface area (Å²) in [7, 11) is 0. The SMILES string of the molecule is CCC=CC=C(C=CCCC)OO. The van der Waals surface area contributed by atoms with E-state index in [-0.39, 0.29) is 0 Å². The van der Waals surface area contributed by atoms with Gasteiger partial charge in [0.05, 0.1) is 0 Å². The molecule has 0 amide bonds. The summed E-state index contributed by atoms with van der Waals surface area (Å²) >= 11 is 0. The molecular weight excluding hydrogens is 164 g/mol. The zero-order valence-electron chi connectivity index (χ0n) is 8.36. The Morgan fingerprint density at radius 3 is 2.62 bits per heavy atom. The second-order valence-electron chi connectivity index (χ2n) is 2.69. The van der Waals surface area contributed by atoms with Gasteiger partial charge in [0.2, 0.25) is 0 Å². The van der Waals surface area contributed by atoms with Crippen LogP contribution in [0.4, 0.5) is 0 Å². The molecule has 0 atom stereocenters. The van der Waals surface area contributed by atoms with Gasteiger partial charge in [0, 0.05) is 0 Å². The fourth-order valence-corrected chi connectivity index (χ4v) is 0.782. The Morgan fingerprint density at radius 1 is 1.31 bits per heavy atom. The first-order valence-electron chi connectivity index (χ1n) is 4.69. The fraction of sp³-hybridized carbons (Fsp3) is 0.455. The Labute approximate surface area is 80.2 Å². The van der Waals surface area contributed by atoms with Gasteiger partial charge in [-0.25, -0.2) is 5.26 Å². The number of hydrogen-bond acceptors (Lipinski definition) is 2. The van der Waals surface area contributed by atoms with E-state index in [9.17, 15) is 0 Å². The second kappa shape index (κ2) is 9.07. The van der Waals surface area contributed by atoms with Crippen LogP contribution in [0.3, 0.4) is 0 Å². The van der Waals surface area contributed by atoms with Gasteiger partial charge in [0.15, 0.2) is 5.76 Å². The molecule has 0 aromatic heterocycles. The average Bonchev–Trinajstić information content (AvgIpc) is 2.16. The Bertz CT molecular complexity index is 190. The first-order chi connectivity index (χ1) is 6.35. The van der Waals surface area contributed by atoms with E-state index in [4.69, 9.17) is 5.26 Å². The van der Waals surface area contributed by atoms with Crippen molar-refractivity contribution in [3.63, 3.8) is 0 Å². The van der Waals surface area contributed by atoms with E-state index >= 15 is 0 Å². The highest BCUT2D eigenvalue weighted by molar-refractivity contribution is 5.17. The lowest BCUT2D eigenvalue weighted by atomic mass is 10.3. The van der Waals surface area contributed by atoms with Crippen molar-refractivity contribution in [1.29, 1.82) is 0 Å². The minimum atomic E-state index is 0.471. The molecule has 0 heterocycles. The first-order valence-corrected chi connectivity index (χ1v) is 4.69. The van der Waals surface area contributed by atoms with Gasteiger partial charge in [-0.05, 0) is 25.0 Å². The molecule has 2 nitrogen and oxygen atoms in total. The minimum Gasteiger partial charge on any atom is -0.340 e. The zero-order valence-corrected chi connectivity index (χ0v) is 8.36. The minimum absolute atomic E-state index is 0.471. The third kappa shape index (κ3) is 7.34. The topological polar surface area (TPSA) is 29.5 Å². The highest BCUT2D eigenvalue weighted by atomic mass is 17.1. The highest BCUT2D eigenvalue weighted by Crippen LogP contribution is 2.00. The number of unbranched alkanes of at least 4 members (excludes halogenated alkanes) is 1. The van der Waals surface area contributed by atoms with E-state index < -0.39 is 0 Å². The summed E-state index contributed by atoms with van der Waals surface area (Å²) in [5.41, 5.74) is 0. The van der Waals surface area contributed by atoms with Gasteiger partial charge in [0.1, 0.15) is 0 Å². The number of rotatable bonds is 6. The molecule has 0 rings (SSSR count). The van der Waals surface area contributed by atoms with Crippen molar-refractivity contribution in [1.82, 2.24) is 0 Å². The first kappa shape index (κ1) is 12.0. The zero-order chi connectivity index (χ0) is 9.94. The van der Waals surface area contributed by atoms with Crippen molar-refractivity contribution in [3.05, 3.63) is 36.1 Å². The largest absolute Gasteiger partial charge is 0.340 e. The average molecular weight is 182 g/mol. The Hall–Kier alpha value is -1.02. The van der Waals surface area contributed by atoms with Crippen molar-refractivity contribution in [2.75, 3.05) is 0 Å². The van der Waals surface area contributed by atoms with Crippen LogP contribution in [0.1, 0.15) is 33.1 Å². The molecule has 0 aromatic carbocycles. The van der Waals surface area contributed by atoms with Crippen LogP contribution in [0.15, 0.2) is 36.1 Å². The normalized spacial score (nSPS) is 13.0. The number of allylic oxidation sites excluding steroid dienone is 5. The van der Waals surface area contributed by atoms with Crippen LogP contribution in [0.5, 0.6) is 0 Å². The molecular formula is C11H18O2. The number of hydrogen-bond donors (Lipinski definition) is 1. The molecule has 0 spiro atoms. The lowest BCUT2D eigenvalue weighted by molar-refractivity contribution is -0.198. The summed E-state index contributed by atoms with van der Waals surface area (Å²) in [5, 5.41) is 8.47. The molecule has 1 N–H and O–H groups in total. The van der Waals surface area contributed by atoms with Crippen molar-refractivity contribution in [2.24, 2.45) is 0 Å². The van der Waals surface area contributed by atoms with Crippen LogP contribution < -0.4 is 0 Å². The third-order valence-corrected chi connectivity index (χ3v) is 1.48. The molecule has 0 aliphatic rings. The van der Waals surface area contributed by atoms with Gasteiger partial charge in [-0.3, -0.25) is 0 Å². The standard InChI is InChI=1S/C11H18O2/c1-3-5-7-9-11(13-12)10-8-6-4-2/h5,7-10,12H,3-4,6H2,1-2H3. The maximum atomic E-state index is 8.47. The van der Waals surface area contributed by atoms with Gasteiger partial charge in [-0.1, -0.05) is 38.5 Å². The third-order valence-electron chi connectivity index (χ3n) is 1.48. The van der Waals surface area contributed by atoms with Crippen LogP contribution in [-0.2, 0) is 4.89 Å². The molecule has 2 heteroatoms. The van der Waals surface area contributed by atoms with E-state index in [0.717, 1.165) is 19.3 Å². The van der Waals surface area contributed by atoms with Gasteiger partial charge in [-0.15, -0.1) is 0 Å². The maximum Gasteiger partial charge on any atom is 0.164 e. The molecule has 0 fully saturated rings. The summed E-state index contributed by atoms with van der Waals surface area (Å²) in [4.78, 5) is 4.17. The van der Waals surface area contributed by atoms with E-state index in [0.29, 0.717) is 5.76 Å². The molecule has 0 aliphatic heterocycles.